The topological polar surface area (TPSA) is 124 Å². The second kappa shape index (κ2) is 16.4. The van der Waals surface area contributed by atoms with E-state index in [4.69, 9.17) is 30.5 Å². The molecule has 4 aromatic carbocycles. The van der Waals surface area contributed by atoms with Crippen molar-refractivity contribution in [3.05, 3.63) is 107 Å². The summed E-state index contributed by atoms with van der Waals surface area (Å²) in [6, 6.07) is 23.9. The molecule has 1 unspecified atom stereocenters. The molecule has 4 aromatic rings. The number of thioether (sulfide) groups is 1. The second-order valence-electron chi connectivity index (χ2n) is 9.92. The smallest absolute Gasteiger partial charge is 0.272 e. The van der Waals surface area contributed by atoms with E-state index in [0.717, 1.165) is 4.90 Å². The molecule has 3 amide bonds. The number of methoxy groups -OCH3 is 4. The highest BCUT2D eigenvalue weighted by Crippen LogP contribution is 2.39. The average molecular weight is 676 g/mol. The van der Waals surface area contributed by atoms with Gasteiger partial charge in [0.2, 0.25) is 11.7 Å². The van der Waals surface area contributed by atoms with Crippen molar-refractivity contribution in [3.8, 4) is 23.0 Å². The Morgan fingerprint density at radius 1 is 0.745 bits per heavy atom. The number of halogens is 1. The molecule has 10 nitrogen and oxygen atoms in total. The van der Waals surface area contributed by atoms with Gasteiger partial charge in [0.05, 0.1) is 38.7 Å². The molecule has 4 rings (SSSR count). The van der Waals surface area contributed by atoms with E-state index in [0.29, 0.717) is 50.5 Å². The van der Waals surface area contributed by atoms with Crippen molar-refractivity contribution < 1.29 is 33.3 Å². The third-order valence-electron chi connectivity index (χ3n) is 6.72. The maximum Gasteiger partial charge on any atom is 0.272 e. The molecule has 0 bridgehead atoms. The number of nitrogens with one attached hydrogen (secondary N) is 3. The number of hydrogen-bond acceptors (Lipinski definition) is 8. The molecule has 0 aliphatic rings. The summed E-state index contributed by atoms with van der Waals surface area (Å²) in [4.78, 5) is 40.4. The molecule has 244 valence electrons. The molecule has 1 atom stereocenters. The third-order valence-corrected chi connectivity index (χ3v) is 8.11. The van der Waals surface area contributed by atoms with Crippen molar-refractivity contribution in [2.75, 3.05) is 39.1 Å². The Kier molecular flexibility index (Phi) is 12.1. The zero-order chi connectivity index (χ0) is 33.9. The predicted molar refractivity (Wildman–Crippen MR) is 185 cm³/mol. The molecule has 0 fully saturated rings. The van der Waals surface area contributed by atoms with Crippen molar-refractivity contribution in [2.45, 2.75) is 17.1 Å². The number of rotatable bonds is 13. The summed E-state index contributed by atoms with van der Waals surface area (Å²) in [7, 11) is 5.98. The molecule has 0 radical (unpaired) electrons. The van der Waals surface area contributed by atoms with Crippen LogP contribution < -0.4 is 34.9 Å². The molecule has 0 aromatic heterocycles. The molecule has 0 aliphatic carbocycles. The van der Waals surface area contributed by atoms with Crippen LogP contribution in [0.1, 0.15) is 22.8 Å². The molecule has 0 saturated carbocycles. The molecule has 0 spiro atoms. The van der Waals surface area contributed by atoms with E-state index in [1.165, 1.54) is 46.3 Å². The average Bonchev–Trinajstić information content (AvgIpc) is 3.08. The SMILES string of the molecule is COc1ccc(NC(=O)C(C)Sc2cccc(NC(=O)/C(=C\c3cc(OC)c(OC)c(OC)c3)NC(=O)c3ccccc3)c2)cc1Cl. The van der Waals surface area contributed by atoms with Crippen LogP contribution in [0.3, 0.4) is 0 Å². The third kappa shape index (κ3) is 9.21. The Hall–Kier alpha value is -5.13. The van der Waals surface area contributed by atoms with Crippen LogP contribution in [0.2, 0.25) is 5.02 Å². The Bertz CT molecular complexity index is 1760. The van der Waals surface area contributed by atoms with Crippen LogP contribution >= 0.6 is 23.4 Å². The first-order valence-electron chi connectivity index (χ1n) is 14.3. The largest absolute Gasteiger partial charge is 0.495 e. The summed E-state index contributed by atoms with van der Waals surface area (Å²) in [6.45, 7) is 1.77. The normalized spacial score (nSPS) is 11.6. The lowest BCUT2D eigenvalue weighted by Crippen LogP contribution is -2.30. The van der Waals surface area contributed by atoms with Gasteiger partial charge in [-0.05, 0) is 79.2 Å². The number of anilines is 2. The van der Waals surface area contributed by atoms with Gasteiger partial charge in [-0.3, -0.25) is 14.4 Å². The molecule has 3 N–H and O–H groups in total. The first-order chi connectivity index (χ1) is 22.6. The highest BCUT2D eigenvalue weighted by Gasteiger charge is 2.19. The summed E-state index contributed by atoms with van der Waals surface area (Å²) in [5.41, 5.74) is 1.86. The van der Waals surface area contributed by atoms with Gasteiger partial charge in [-0.2, -0.15) is 0 Å². The molecule has 0 heterocycles. The first-order valence-corrected chi connectivity index (χ1v) is 15.5. The number of carbonyl (C=O) groups excluding carboxylic acids is 3. The lowest BCUT2D eigenvalue weighted by Gasteiger charge is -2.15. The van der Waals surface area contributed by atoms with Crippen molar-refractivity contribution in [2.24, 2.45) is 0 Å². The highest BCUT2D eigenvalue weighted by atomic mass is 35.5. The van der Waals surface area contributed by atoms with Gasteiger partial charge in [-0.1, -0.05) is 35.9 Å². The van der Waals surface area contributed by atoms with E-state index < -0.39 is 17.1 Å². The molecular formula is C35H34ClN3O7S. The fraction of sp³-hybridized carbons (Fsp3) is 0.171. The first kappa shape index (κ1) is 34.7. The summed E-state index contributed by atoms with van der Waals surface area (Å²) in [6.07, 6.45) is 1.51. The van der Waals surface area contributed by atoms with Gasteiger partial charge < -0.3 is 34.9 Å². The minimum Gasteiger partial charge on any atom is -0.495 e. The van der Waals surface area contributed by atoms with Gasteiger partial charge in [-0.25, -0.2) is 0 Å². The van der Waals surface area contributed by atoms with Crippen LogP contribution in [0.5, 0.6) is 23.0 Å². The number of benzene rings is 4. The standard InChI is InChI=1S/C35H34ClN3O7S/c1-21(33(40)37-25-14-15-29(43-2)27(36)20-25)47-26-13-9-12-24(19-26)38-35(42)28(39-34(41)23-10-7-6-8-11-23)16-22-17-30(44-3)32(46-5)31(18-22)45-4/h6-21H,1-5H3,(H,37,40)(H,38,42)(H,39,41)/b28-16+. The minimum atomic E-state index is -0.577. The quantitative estimate of drug-likeness (QED) is 0.103. The zero-order valence-corrected chi connectivity index (χ0v) is 28.0. The molecule has 12 heteroatoms. The molecule has 0 saturated heterocycles. The van der Waals surface area contributed by atoms with E-state index >= 15 is 0 Å². The predicted octanol–water partition coefficient (Wildman–Crippen LogP) is 6.90. The maximum absolute atomic E-state index is 13.7. The maximum atomic E-state index is 13.7. The fourth-order valence-electron chi connectivity index (χ4n) is 4.39. The minimum absolute atomic E-state index is 0.0305. The summed E-state index contributed by atoms with van der Waals surface area (Å²) < 4.78 is 21.5. The molecule has 47 heavy (non-hydrogen) atoms. The van der Waals surface area contributed by atoms with E-state index in [1.807, 2.05) is 6.07 Å². The van der Waals surface area contributed by atoms with Crippen molar-refractivity contribution >= 4 is 58.5 Å². The lowest BCUT2D eigenvalue weighted by molar-refractivity contribution is -0.115. The van der Waals surface area contributed by atoms with E-state index in [-0.39, 0.29) is 11.6 Å². The summed E-state index contributed by atoms with van der Waals surface area (Å²) in [5, 5.41) is 8.32. The van der Waals surface area contributed by atoms with Crippen molar-refractivity contribution in [3.63, 3.8) is 0 Å². The van der Waals surface area contributed by atoms with Gasteiger partial charge in [0.25, 0.3) is 11.8 Å². The van der Waals surface area contributed by atoms with Crippen molar-refractivity contribution in [1.29, 1.82) is 0 Å². The van der Waals surface area contributed by atoms with Gasteiger partial charge >= 0.3 is 0 Å². The van der Waals surface area contributed by atoms with Crippen LogP contribution in [0.15, 0.2) is 95.5 Å². The van der Waals surface area contributed by atoms with Crippen LogP contribution in [0, 0.1) is 0 Å². The van der Waals surface area contributed by atoms with Crippen LogP contribution in [0.25, 0.3) is 6.08 Å². The Morgan fingerprint density at radius 3 is 2.02 bits per heavy atom. The second-order valence-corrected chi connectivity index (χ2v) is 11.7. The number of amides is 3. The monoisotopic (exact) mass is 675 g/mol. The van der Waals surface area contributed by atoms with Crippen LogP contribution in [-0.2, 0) is 9.59 Å². The lowest BCUT2D eigenvalue weighted by atomic mass is 10.1. The van der Waals surface area contributed by atoms with Gasteiger partial charge in [-0.15, -0.1) is 11.8 Å². The Balaban J connectivity index is 1.55. The van der Waals surface area contributed by atoms with Gasteiger partial charge in [0.15, 0.2) is 11.5 Å². The van der Waals surface area contributed by atoms with E-state index in [1.54, 1.807) is 85.8 Å². The summed E-state index contributed by atoms with van der Waals surface area (Å²) in [5.74, 6) is 0.373. The van der Waals surface area contributed by atoms with Gasteiger partial charge in [0.1, 0.15) is 11.4 Å². The summed E-state index contributed by atoms with van der Waals surface area (Å²) >= 11 is 7.50. The van der Waals surface area contributed by atoms with E-state index in [2.05, 4.69) is 16.0 Å². The Morgan fingerprint density at radius 2 is 1.40 bits per heavy atom. The zero-order valence-electron chi connectivity index (χ0n) is 26.4. The number of hydrogen-bond donors (Lipinski definition) is 3. The highest BCUT2D eigenvalue weighted by molar-refractivity contribution is 8.00. The number of ether oxygens (including phenoxy) is 4. The fourth-order valence-corrected chi connectivity index (χ4v) is 5.57. The van der Waals surface area contributed by atoms with Crippen LogP contribution in [0.4, 0.5) is 11.4 Å². The number of carbonyl (C=O) groups is 3. The molecule has 0 aliphatic heterocycles. The van der Waals surface area contributed by atoms with Gasteiger partial charge in [0, 0.05) is 21.8 Å². The van der Waals surface area contributed by atoms with Crippen molar-refractivity contribution in [1.82, 2.24) is 5.32 Å². The Labute approximate surface area is 282 Å². The van der Waals surface area contributed by atoms with Crippen LogP contribution in [-0.4, -0.2) is 51.4 Å². The molecular weight excluding hydrogens is 642 g/mol. The van der Waals surface area contributed by atoms with E-state index in [9.17, 15) is 14.4 Å².